The highest BCUT2D eigenvalue weighted by molar-refractivity contribution is 5.86. The SMILES string of the molecule is C[C@H](CC1OC1(C)C)[C@H]1C(=O)C[C@@]2(C)[C@@H]3CC[C@H]4C(C)(C)[C@@H](O[C@@H]5OC[C@@H](O)[C@H](O)[C@H]5O)CC[C@@]45C[C@@]35C(O)C[C@]12C. The first-order valence-corrected chi connectivity index (χ1v) is 16.7. The second kappa shape index (κ2) is 9.01. The first-order valence-electron chi connectivity index (χ1n) is 16.7. The molecule has 8 nitrogen and oxygen atoms in total. The van der Waals surface area contributed by atoms with Crippen molar-refractivity contribution in [3.8, 4) is 0 Å². The van der Waals surface area contributed by atoms with Crippen molar-refractivity contribution in [3.05, 3.63) is 0 Å². The fraction of sp³-hybridized carbons (Fsp3) is 0.971. The zero-order valence-corrected chi connectivity index (χ0v) is 26.6. The van der Waals surface area contributed by atoms with Crippen molar-refractivity contribution in [2.45, 2.75) is 148 Å². The van der Waals surface area contributed by atoms with Crippen molar-refractivity contribution < 1.29 is 39.4 Å². The van der Waals surface area contributed by atoms with E-state index in [2.05, 4.69) is 48.5 Å². The second-order valence-electron chi connectivity index (χ2n) is 17.4. The topological polar surface area (TPSA) is 129 Å². The number of fused-ring (bicyclic) bond motifs is 2. The van der Waals surface area contributed by atoms with E-state index < -0.39 is 30.7 Å². The Morgan fingerprint density at radius 1 is 0.952 bits per heavy atom. The van der Waals surface area contributed by atoms with E-state index in [4.69, 9.17) is 14.2 Å². The maximum Gasteiger partial charge on any atom is 0.186 e. The molecule has 7 aliphatic rings. The molecule has 2 aliphatic heterocycles. The van der Waals surface area contributed by atoms with Crippen molar-refractivity contribution in [2.75, 3.05) is 6.61 Å². The molecule has 0 aromatic rings. The molecule has 7 rings (SSSR count). The van der Waals surface area contributed by atoms with E-state index in [1.807, 2.05) is 0 Å². The maximum absolute atomic E-state index is 13.9. The van der Waals surface area contributed by atoms with Crippen LogP contribution in [0.25, 0.3) is 0 Å². The summed E-state index contributed by atoms with van der Waals surface area (Å²) in [5, 5.41) is 42.9. The highest BCUT2D eigenvalue weighted by Crippen LogP contribution is 2.88. The number of ether oxygens (including phenoxy) is 3. The van der Waals surface area contributed by atoms with Crippen molar-refractivity contribution in [3.63, 3.8) is 0 Å². The van der Waals surface area contributed by atoms with Gasteiger partial charge in [-0.25, -0.2) is 0 Å². The van der Waals surface area contributed by atoms with E-state index in [1.54, 1.807) is 0 Å². The van der Waals surface area contributed by atoms with Gasteiger partial charge in [0.15, 0.2) is 6.29 Å². The normalized spacial score (nSPS) is 57.8. The number of carbonyl (C=O) groups is 1. The van der Waals surface area contributed by atoms with E-state index in [0.717, 1.165) is 38.5 Å². The van der Waals surface area contributed by atoms with Gasteiger partial charge in [0.25, 0.3) is 0 Å². The summed E-state index contributed by atoms with van der Waals surface area (Å²) in [6.07, 6.45) is 1.94. The number of aliphatic hydroxyl groups is 4. The predicted molar refractivity (Wildman–Crippen MR) is 154 cm³/mol. The Kier molecular flexibility index (Phi) is 6.45. The summed E-state index contributed by atoms with van der Waals surface area (Å²) in [7, 11) is 0. The van der Waals surface area contributed by atoms with Gasteiger partial charge < -0.3 is 34.6 Å². The quantitative estimate of drug-likeness (QED) is 0.283. The molecule has 0 aromatic heterocycles. The molecule has 2 heterocycles. The molecule has 2 spiro atoms. The molecule has 0 amide bonds. The summed E-state index contributed by atoms with van der Waals surface area (Å²) < 4.78 is 18.0. The summed E-state index contributed by atoms with van der Waals surface area (Å²) in [4.78, 5) is 13.9. The minimum atomic E-state index is -1.30. The van der Waals surface area contributed by atoms with Gasteiger partial charge >= 0.3 is 0 Å². The van der Waals surface area contributed by atoms with Crippen LogP contribution in [-0.2, 0) is 19.0 Å². The first kappa shape index (κ1) is 30.1. The van der Waals surface area contributed by atoms with Gasteiger partial charge in [0.05, 0.1) is 30.5 Å². The Morgan fingerprint density at radius 2 is 1.62 bits per heavy atom. The lowest BCUT2D eigenvalue weighted by Crippen LogP contribution is -2.62. The van der Waals surface area contributed by atoms with Crippen molar-refractivity contribution in [1.82, 2.24) is 0 Å². The number of hydrogen-bond donors (Lipinski definition) is 4. The fourth-order valence-electron chi connectivity index (χ4n) is 12.6. The van der Waals surface area contributed by atoms with E-state index in [0.29, 0.717) is 30.5 Å². The van der Waals surface area contributed by atoms with Crippen LogP contribution in [-0.4, -0.2) is 81.3 Å². The molecular formula is C34H54O8. The van der Waals surface area contributed by atoms with Crippen LogP contribution in [0.4, 0.5) is 0 Å². The zero-order valence-electron chi connectivity index (χ0n) is 26.6. The van der Waals surface area contributed by atoms with Gasteiger partial charge in [-0.2, -0.15) is 0 Å². The van der Waals surface area contributed by atoms with Gasteiger partial charge in [-0.05, 0) is 98.2 Å². The van der Waals surface area contributed by atoms with Crippen LogP contribution in [0.2, 0.25) is 0 Å². The summed E-state index contributed by atoms with van der Waals surface area (Å²) >= 11 is 0. The monoisotopic (exact) mass is 590 g/mol. The Bertz CT molecular complexity index is 1140. The van der Waals surface area contributed by atoms with Gasteiger partial charge in [-0.15, -0.1) is 0 Å². The largest absolute Gasteiger partial charge is 0.392 e. The molecule has 0 aromatic carbocycles. The molecule has 0 radical (unpaired) electrons. The maximum atomic E-state index is 13.9. The predicted octanol–water partition coefficient (Wildman–Crippen LogP) is 3.60. The van der Waals surface area contributed by atoms with Crippen LogP contribution < -0.4 is 0 Å². The molecule has 5 aliphatic carbocycles. The average Bonchev–Trinajstić information content (AvgIpc) is 3.73. The third-order valence-electron chi connectivity index (χ3n) is 15.0. The third kappa shape index (κ3) is 3.63. The van der Waals surface area contributed by atoms with E-state index in [1.165, 1.54) is 0 Å². The Labute approximate surface area is 250 Å². The summed E-state index contributed by atoms with van der Waals surface area (Å²) in [5.74, 6) is 1.24. The van der Waals surface area contributed by atoms with Crippen LogP contribution in [0.5, 0.6) is 0 Å². The van der Waals surface area contributed by atoms with Crippen molar-refractivity contribution >= 4 is 5.78 Å². The smallest absolute Gasteiger partial charge is 0.186 e. The number of hydrogen-bond acceptors (Lipinski definition) is 8. The Morgan fingerprint density at radius 3 is 2.29 bits per heavy atom. The molecule has 5 saturated carbocycles. The second-order valence-corrected chi connectivity index (χ2v) is 17.4. The van der Waals surface area contributed by atoms with Gasteiger partial charge in [0.1, 0.15) is 24.1 Å². The number of aliphatic hydroxyl groups excluding tert-OH is 4. The number of ketones is 1. The lowest BCUT2D eigenvalue weighted by Gasteiger charge is -2.64. The highest BCUT2D eigenvalue weighted by Gasteiger charge is 2.85. The van der Waals surface area contributed by atoms with Crippen LogP contribution in [0.15, 0.2) is 0 Å². The lowest BCUT2D eigenvalue weighted by atomic mass is 9.41. The summed E-state index contributed by atoms with van der Waals surface area (Å²) in [6, 6.07) is 0. The summed E-state index contributed by atoms with van der Waals surface area (Å²) in [5.41, 5.74) is -0.809. The first-order chi connectivity index (χ1) is 19.5. The summed E-state index contributed by atoms with van der Waals surface area (Å²) in [6.45, 7) is 15.7. The molecule has 15 atom stereocenters. The Hall–Kier alpha value is -0.610. The van der Waals surface area contributed by atoms with Gasteiger partial charge in [-0.1, -0.05) is 34.6 Å². The van der Waals surface area contributed by atoms with E-state index >= 15 is 0 Å². The van der Waals surface area contributed by atoms with Crippen LogP contribution in [0.1, 0.15) is 99.8 Å². The number of carbonyl (C=O) groups excluding carboxylic acids is 1. The van der Waals surface area contributed by atoms with E-state index in [9.17, 15) is 25.2 Å². The highest BCUT2D eigenvalue weighted by atomic mass is 16.7. The van der Waals surface area contributed by atoms with E-state index in [-0.39, 0.29) is 63.3 Å². The molecule has 0 bridgehead atoms. The molecule has 2 saturated heterocycles. The van der Waals surface area contributed by atoms with Gasteiger partial charge in [-0.3, -0.25) is 4.79 Å². The fourth-order valence-corrected chi connectivity index (χ4v) is 12.6. The molecule has 8 heteroatoms. The third-order valence-corrected chi connectivity index (χ3v) is 15.0. The van der Waals surface area contributed by atoms with Crippen molar-refractivity contribution in [1.29, 1.82) is 0 Å². The average molecular weight is 591 g/mol. The minimum absolute atomic E-state index is 0.0312. The molecule has 7 fully saturated rings. The standard InChI is InChI=1S/C34H54O8/c1-17(12-24-30(4,5)42-24)25-18(35)13-31(6)21-9-8-20-29(2,3)23(41-28-27(39)26(38)19(36)15-40-28)10-11-33(20)16-34(21,33)22(37)14-32(25,31)7/h17,19-28,36-39H,8-16H2,1-7H3/t17-,19-,20+,21+,22?,23+,24?,25+,26+,27-,28+,31+,32-,33-,34+/m1/s1. The zero-order chi connectivity index (χ0) is 30.4. The Balaban J connectivity index is 1.14. The lowest BCUT2D eigenvalue weighted by molar-refractivity contribution is -0.304. The van der Waals surface area contributed by atoms with Crippen LogP contribution in [0, 0.1) is 50.7 Å². The van der Waals surface area contributed by atoms with Gasteiger partial charge in [0.2, 0.25) is 0 Å². The van der Waals surface area contributed by atoms with Gasteiger partial charge in [0, 0.05) is 17.8 Å². The van der Waals surface area contributed by atoms with Crippen molar-refractivity contribution in [2.24, 2.45) is 50.7 Å². The van der Waals surface area contributed by atoms with Crippen LogP contribution >= 0.6 is 0 Å². The molecule has 4 N–H and O–H groups in total. The molecular weight excluding hydrogens is 536 g/mol. The molecule has 238 valence electrons. The van der Waals surface area contributed by atoms with Crippen LogP contribution in [0.3, 0.4) is 0 Å². The molecule has 42 heavy (non-hydrogen) atoms. The molecule has 2 unspecified atom stereocenters. The minimum Gasteiger partial charge on any atom is -0.392 e. The number of Topliss-reactive ketones (excluding diaryl/α,β-unsaturated/α-hetero) is 1. The number of rotatable bonds is 5. The number of epoxide rings is 1.